The van der Waals surface area contributed by atoms with Crippen LogP contribution in [0.4, 0.5) is 0 Å². The van der Waals surface area contributed by atoms with Gasteiger partial charge in [-0.05, 0) is 24.6 Å². The highest BCUT2D eigenvalue weighted by Gasteiger charge is 2.28. The number of Topliss-reactive ketones (excluding diaryl/α,β-unsaturated/α-hetero) is 1. The second-order valence-electron chi connectivity index (χ2n) is 3.60. The van der Waals surface area contributed by atoms with Gasteiger partial charge in [0.2, 0.25) is 0 Å². The molecule has 1 fully saturated rings. The summed E-state index contributed by atoms with van der Waals surface area (Å²) in [6, 6.07) is 5.54. The number of carbonyl (C=O) groups is 1. The molecule has 0 aromatic heterocycles. The van der Waals surface area contributed by atoms with Crippen molar-refractivity contribution in [2.75, 3.05) is 0 Å². The fraction of sp³-hybridized carbons (Fsp3) is 0.364. The maximum Gasteiger partial charge on any atom is 0.140 e. The summed E-state index contributed by atoms with van der Waals surface area (Å²) in [5.74, 6) is 1.06. The molecule has 0 bridgehead atoms. The molecule has 0 atom stereocenters. The van der Waals surface area contributed by atoms with Crippen molar-refractivity contribution in [3.05, 3.63) is 28.8 Å². The Kier molecular flexibility index (Phi) is 2.46. The van der Waals surface area contributed by atoms with E-state index in [0.717, 1.165) is 11.3 Å². The highest BCUT2D eigenvalue weighted by atomic mass is 35.5. The first-order valence-electron chi connectivity index (χ1n) is 4.59. The van der Waals surface area contributed by atoms with Crippen LogP contribution >= 0.6 is 11.6 Å². The van der Waals surface area contributed by atoms with Crippen LogP contribution in [-0.4, -0.2) is 11.9 Å². The van der Waals surface area contributed by atoms with Gasteiger partial charge in [-0.1, -0.05) is 17.7 Å². The molecule has 1 aliphatic carbocycles. The number of ketones is 1. The molecule has 0 heterocycles. The molecule has 0 radical (unpaired) electrons. The van der Waals surface area contributed by atoms with Crippen molar-refractivity contribution in [3.63, 3.8) is 0 Å². The van der Waals surface area contributed by atoms with Crippen LogP contribution in [-0.2, 0) is 4.79 Å². The Morgan fingerprint density at radius 1 is 1.43 bits per heavy atom. The summed E-state index contributed by atoms with van der Waals surface area (Å²) in [6.45, 7) is 1.96. The molecule has 14 heavy (non-hydrogen) atoms. The predicted molar refractivity (Wildman–Crippen MR) is 54.8 cm³/mol. The first kappa shape index (κ1) is 9.53. The molecule has 1 aromatic carbocycles. The molecule has 0 unspecified atom stereocenters. The molecule has 0 N–H and O–H groups in total. The van der Waals surface area contributed by atoms with Crippen LogP contribution in [0.5, 0.6) is 5.75 Å². The lowest BCUT2D eigenvalue weighted by molar-refractivity contribution is -0.129. The van der Waals surface area contributed by atoms with Gasteiger partial charge in [-0.2, -0.15) is 0 Å². The molecule has 3 heteroatoms. The standard InChI is InChI=1S/C11H11ClO2/c1-7-2-3-8(12)4-11(7)14-10-5-9(13)6-10/h2-4,10H,5-6H2,1H3. The number of benzene rings is 1. The zero-order chi connectivity index (χ0) is 10.1. The summed E-state index contributed by atoms with van der Waals surface area (Å²) in [7, 11) is 0. The lowest BCUT2D eigenvalue weighted by Gasteiger charge is -2.26. The Labute approximate surface area is 87.8 Å². The van der Waals surface area contributed by atoms with E-state index in [-0.39, 0.29) is 11.9 Å². The minimum atomic E-state index is 0.0552. The van der Waals surface area contributed by atoms with E-state index in [1.54, 1.807) is 6.07 Å². The molecule has 2 rings (SSSR count). The summed E-state index contributed by atoms with van der Waals surface area (Å²) < 4.78 is 5.63. The molecular weight excluding hydrogens is 200 g/mol. The van der Waals surface area contributed by atoms with Gasteiger partial charge in [-0.25, -0.2) is 0 Å². The molecule has 1 saturated carbocycles. The summed E-state index contributed by atoms with van der Waals surface area (Å²) in [5.41, 5.74) is 1.05. The Balaban J connectivity index is 2.08. The molecule has 1 aliphatic rings. The largest absolute Gasteiger partial charge is 0.489 e. The van der Waals surface area contributed by atoms with E-state index < -0.39 is 0 Å². The molecule has 0 spiro atoms. The number of hydrogen-bond acceptors (Lipinski definition) is 2. The van der Waals surface area contributed by atoms with Crippen molar-refractivity contribution in [1.29, 1.82) is 0 Å². The molecule has 0 saturated heterocycles. The Morgan fingerprint density at radius 2 is 2.14 bits per heavy atom. The molecule has 2 nitrogen and oxygen atoms in total. The van der Waals surface area contributed by atoms with Crippen LogP contribution in [0.2, 0.25) is 5.02 Å². The lowest BCUT2D eigenvalue weighted by Crippen LogP contribution is -2.33. The van der Waals surface area contributed by atoms with E-state index in [2.05, 4.69) is 0 Å². The number of rotatable bonds is 2. The maximum atomic E-state index is 10.7. The second kappa shape index (κ2) is 3.62. The van der Waals surface area contributed by atoms with Crippen LogP contribution in [0.15, 0.2) is 18.2 Å². The topological polar surface area (TPSA) is 26.3 Å². The third kappa shape index (κ3) is 1.90. The molecular formula is C11H11ClO2. The van der Waals surface area contributed by atoms with Gasteiger partial charge in [0.25, 0.3) is 0 Å². The molecule has 0 amide bonds. The van der Waals surface area contributed by atoms with Gasteiger partial charge in [-0.3, -0.25) is 4.79 Å². The molecule has 74 valence electrons. The normalized spacial score (nSPS) is 16.6. The van der Waals surface area contributed by atoms with Crippen molar-refractivity contribution < 1.29 is 9.53 Å². The zero-order valence-corrected chi connectivity index (χ0v) is 8.67. The highest BCUT2D eigenvalue weighted by molar-refractivity contribution is 6.30. The van der Waals surface area contributed by atoms with Gasteiger partial charge < -0.3 is 4.74 Å². The molecule has 0 aliphatic heterocycles. The fourth-order valence-electron chi connectivity index (χ4n) is 1.41. The van der Waals surface area contributed by atoms with E-state index in [0.29, 0.717) is 17.9 Å². The van der Waals surface area contributed by atoms with E-state index >= 15 is 0 Å². The van der Waals surface area contributed by atoms with Gasteiger partial charge in [0.05, 0.1) is 0 Å². The van der Waals surface area contributed by atoms with Crippen LogP contribution in [0, 0.1) is 6.92 Å². The van der Waals surface area contributed by atoms with Crippen molar-refractivity contribution in [2.45, 2.75) is 25.9 Å². The van der Waals surface area contributed by atoms with Crippen molar-refractivity contribution in [3.8, 4) is 5.75 Å². The highest BCUT2D eigenvalue weighted by Crippen LogP contribution is 2.27. The van der Waals surface area contributed by atoms with E-state index in [1.165, 1.54) is 0 Å². The van der Waals surface area contributed by atoms with Crippen LogP contribution < -0.4 is 4.74 Å². The van der Waals surface area contributed by atoms with Crippen LogP contribution in [0.1, 0.15) is 18.4 Å². The summed E-state index contributed by atoms with van der Waals surface area (Å²) in [6.07, 6.45) is 1.12. The number of halogens is 1. The number of aryl methyl sites for hydroxylation is 1. The number of ether oxygens (including phenoxy) is 1. The van der Waals surface area contributed by atoms with Gasteiger partial charge in [0.15, 0.2) is 0 Å². The quantitative estimate of drug-likeness (QED) is 0.751. The first-order chi connectivity index (χ1) is 6.65. The van der Waals surface area contributed by atoms with Gasteiger partial charge in [0.1, 0.15) is 17.6 Å². The van der Waals surface area contributed by atoms with Gasteiger partial charge >= 0.3 is 0 Å². The minimum Gasteiger partial charge on any atom is -0.489 e. The second-order valence-corrected chi connectivity index (χ2v) is 4.03. The monoisotopic (exact) mass is 210 g/mol. The lowest BCUT2D eigenvalue weighted by atomic mass is 9.94. The SMILES string of the molecule is Cc1ccc(Cl)cc1OC1CC(=O)C1. The summed E-state index contributed by atoms with van der Waals surface area (Å²) in [5, 5.41) is 0.663. The third-order valence-electron chi connectivity index (χ3n) is 2.35. The first-order valence-corrected chi connectivity index (χ1v) is 4.97. The Morgan fingerprint density at radius 3 is 2.79 bits per heavy atom. The Hall–Kier alpha value is -1.02. The minimum absolute atomic E-state index is 0.0552. The number of hydrogen-bond donors (Lipinski definition) is 0. The van der Waals surface area contributed by atoms with Crippen LogP contribution in [0.25, 0.3) is 0 Å². The smallest absolute Gasteiger partial charge is 0.140 e. The van der Waals surface area contributed by atoms with Gasteiger partial charge in [0, 0.05) is 17.9 Å². The van der Waals surface area contributed by atoms with E-state index in [4.69, 9.17) is 16.3 Å². The van der Waals surface area contributed by atoms with E-state index in [9.17, 15) is 4.79 Å². The van der Waals surface area contributed by atoms with Crippen molar-refractivity contribution in [1.82, 2.24) is 0 Å². The molecule has 1 aromatic rings. The summed E-state index contributed by atoms with van der Waals surface area (Å²) >= 11 is 5.84. The average Bonchev–Trinajstić information content (AvgIpc) is 2.09. The predicted octanol–water partition coefficient (Wildman–Crippen LogP) is 2.76. The summed E-state index contributed by atoms with van der Waals surface area (Å²) in [4.78, 5) is 10.7. The van der Waals surface area contributed by atoms with Crippen LogP contribution in [0.3, 0.4) is 0 Å². The van der Waals surface area contributed by atoms with Crippen molar-refractivity contribution in [2.24, 2.45) is 0 Å². The fourth-order valence-corrected chi connectivity index (χ4v) is 1.57. The zero-order valence-electron chi connectivity index (χ0n) is 7.92. The van der Waals surface area contributed by atoms with E-state index in [1.807, 2.05) is 19.1 Å². The van der Waals surface area contributed by atoms with Gasteiger partial charge in [-0.15, -0.1) is 0 Å². The average molecular weight is 211 g/mol. The Bertz CT molecular complexity index is 366. The third-order valence-corrected chi connectivity index (χ3v) is 2.59. The number of carbonyl (C=O) groups excluding carboxylic acids is 1. The maximum absolute atomic E-state index is 10.7. The van der Waals surface area contributed by atoms with Crippen molar-refractivity contribution >= 4 is 17.4 Å².